The fourth-order valence-corrected chi connectivity index (χ4v) is 5.31. The second-order valence-electron chi connectivity index (χ2n) is 7.27. The molecular weight excluding hydrogens is 339 g/mol. The van der Waals surface area contributed by atoms with Crippen LogP contribution >= 0.6 is 7.26 Å². The van der Waals surface area contributed by atoms with Crippen molar-refractivity contribution in [3.8, 4) is 0 Å². The summed E-state index contributed by atoms with van der Waals surface area (Å²) < 4.78 is 0. The van der Waals surface area contributed by atoms with Crippen molar-refractivity contribution in [1.29, 1.82) is 0 Å². The molecule has 0 aromatic rings. The van der Waals surface area contributed by atoms with Crippen LogP contribution in [0.4, 0.5) is 0 Å². The first-order valence-electron chi connectivity index (χ1n) is 9.44. The number of rotatable bonds is 15. The molecule has 0 N–H and O–H groups in total. The molecule has 0 rings (SSSR count). The lowest BCUT2D eigenvalue weighted by atomic mass is 10.1. The second kappa shape index (κ2) is 17.3. The molecule has 0 heterocycles. The van der Waals surface area contributed by atoms with Crippen LogP contribution in [0.2, 0.25) is 0 Å². The molecule has 0 aromatic heterocycles. The first-order chi connectivity index (χ1) is 9.62. The van der Waals surface area contributed by atoms with E-state index in [9.17, 15) is 0 Å². The molecule has 0 fully saturated rings. The van der Waals surface area contributed by atoms with Crippen molar-refractivity contribution in [1.82, 2.24) is 0 Å². The van der Waals surface area contributed by atoms with Crippen molar-refractivity contribution in [3.05, 3.63) is 0 Å². The quantitative estimate of drug-likeness (QED) is 0.292. The Balaban J connectivity index is 0. The lowest BCUT2D eigenvalue weighted by Crippen LogP contribution is -3.00. The molecule has 21 heavy (non-hydrogen) atoms. The van der Waals surface area contributed by atoms with E-state index in [1.807, 2.05) is 0 Å². The van der Waals surface area contributed by atoms with Crippen LogP contribution in [0.5, 0.6) is 0 Å². The van der Waals surface area contributed by atoms with Gasteiger partial charge in [0.05, 0.1) is 12.3 Å². The Labute approximate surface area is 147 Å². The van der Waals surface area contributed by atoms with E-state index in [2.05, 4.69) is 27.2 Å². The third kappa shape index (κ3) is 18.9. The third-order valence-electron chi connectivity index (χ3n) is 4.48. The van der Waals surface area contributed by atoms with Gasteiger partial charge in [0.15, 0.2) is 0 Å². The standard InChI is InChI=1S/C19H42P.BrH/c1-5-7-9-11-12-13-15-17-19-20(3,4)18-16-14-10-8-6-2;/h5-19H2,1-4H3;1H/q+1;/p-1. The van der Waals surface area contributed by atoms with E-state index in [4.69, 9.17) is 0 Å². The molecule has 0 aromatic carbocycles. The van der Waals surface area contributed by atoms with Crippen LogP contribution in [0.3, 0.4) is 0 Å². The van der Waals surface area contributed by atoms with E-state index in [0.717, 1.165) is 0 Å². The Kier molecular flexibility index (Phi) is 19.9. The zero-order valence-electron chi connectivity index (χ0n) is 15.4. The van der Waals surface area contributed by atoms with Crippen LogP contribution in [0, 0.1) is 0 Å². The van der Waals surface area contributed by atoms with Crippen molar-refractivity contribution < 1.29 is 17.0 Å². The van der Waals surface area contributed by atoms with Gasteiger partial charge in [0, 0.05) is 20.6 Å². The van der Waals surface area contributed by atoms with Crippen LogP contribution in [0.15, 0.2) is 0 Å². The van der Waals surface area contributed by atoms with Gasteiger partial charge in [-0.25, -0.2) is 0 Å². The first-order valence-corrected chi connectivity index (χ1v) is 12.5. The molecule has 0 atom stereocenters. The Morgan fingerprint density at radius 3 is 1.10 bits per heavy atom. The van der Waals surface area contributed by atoms with Gasteiger partial charge in [0.25, 0.3) is 0 Å². The summed E-state index contributed by atoms with van der Waals surface area (Å²) in [5.74, 6) is 0. The summed E-state index contributed by atoms with van der Waals surface area (Å²) in [6, 6.07) is 0. The van der Waals surface area contributed by atoms with Crippen molar-refractivity contribution in [2.45, 2.75) is 97.3 Å². The van der Waals surface area contributed by atoms with Crippen LogP contribution in [0.1, 0.15) is 97.3 Å². The van der Waals surface area contributed by atoms with Gasteiger partial charge in [-0.2, -0.15) is 0 Å². The van der Waals surface area contributed by atoms with Gasteiger partial charge in [0.2, 0.25) is 0 Å². The molecule has 130 valence electrons. The molecule has 0 unspecified atom stereocenters. The minimum Gasteiger partial charge on any atom is -1.00 e. The minimum atomic E-state index is -0.557. The van der Waals surface area contributed by atoms with Crippen LogP contribution in [-0.2, 0) is 0 Å². The van der Waals surface area contributed by atoms with Gasteiger partial charge in [-0.1, -0.05) is 71.6 Å². The molecule has 0 aliphatic carbocycles. The van der Waals surface area contributed by atoms with E-state index in [0.29, 0.717) is 0 Å². The molecule has 2 heteroatoms. The van der Waals surface area contributed by atoms with Gasteiger partial charge >= 0.3 is 0 Å². The molecular formula is C19H42BrP. The average Bonchev–Trinajstić information content (AvgIpc) is 2.41. The molecule has 0 nitrogen and oxygen atoms in total. The molecule has 0 saturated heterocycles. The molecule has 0 radical (unpaired) electrons. The van der Waals surface area contributed by atoms with E-state index in [1.165, 1.54) is 83.5 Å². The van der Waals surface area contributed by atoms with E-state index >= 15 is 0 Å². The smallest absolute Gasteiger partial charge is 0.0589 e. The highest BCUT2D eigenvalue weighted by atomic mass is 79.9. The highest BCUT2D eigenvalue weighted by molar-refractivity contribution is 7.74. The van der Waals surface area contributed by atoms with E-state index in [-0.39, 0.29) is 17.0 Å². The molecule has 0 aliphatic heterocycles. The Bertz CT molecular complexity index is 192. The fraction of sp³-hybridized carbons (Fsp3) is 1.00. The highest BCUT2D eigenvalue weighted by Crippen LogP contribution is 2.52. The number of halogens is 1. The summed E-state index contributed by atoms with van der Waals surface area (Å²) in [7, 11) is -0.557. The fourth-order valence-electron chi connectivity index (χ4n) is 2.93. The zero-order valence-corrected chi connectivity index (χ0v) is 17.9. The van der Waals surface area contributed by atoms with Crippen LogP contribution in [0.25, 0.3) is 0 Å². The summed E-state index contributed by atoms with van der Waals surface area (Å²) in [5.41, 5.74) is 0. The number of hydrogen-bond donors (Lipinski definition) is 0. The maximum atomic E-state index is 2.59. The largest absolute Gasteiger partial charge is 1.00 e. The Morgan fingerprint density at radius 1 is 0.476 bits per heavy atom. The normalized spacial score (nSPS) is 11.4. The average molecular weight is 381 g/mol. The highest BCUT2D eigenvalue weighted by Gasteiger charge is 2.23. The summed E-state index contributed by atoms with van der Waals surface area (Å²) in [6.45, 7) is 9.79. The van der Waals surface area contributed by atoms with Crippen molar-refractivity contribution >= 4 is 7.26 Å². The monoisotopic (exact) mass is 380 g/mol. The van der Waals surface area contributed by atoms with Gasteiger partial charge in [-0.05, 0) is 25.7 Å². The van der Waals surface area contributed by atoms with Crippen molar-refractivity contribution in [2.24, 2.45) is 0 Å². The zero-order chi connectivity index (χ0) is 15.1. The van der Waals surface area contributed by atoms with Gasteiger partial charge in [-0.15, -0.1) is 0 Å². The lowest BCUT2D eigenvalue weighted by molar-refractivity contribution is -0.00000475. The maximum absolute atomic E-state index is 2.59. The summed E-state index contributed by atoms with van der Waals surface area (Å²) in [5, 5.41) is 0. The minimum absolute atomic E-state index is 0. The van der Waals surface area contributed by atoms with Gasteiger partial charge in [-0.3, -0.25) is 0 Å². The number of unbranched alkanes of at least 4 members (excludes halogenated alkanes) is 11. The van der Waals surface area contributed by atoms with Crippen molar-refractivity contribution in [2.75, 3.05) is 25.7 Å². The predicted molar refractivity (Wildman–Crippen MR) is 99.9 cm³/mol. The summed E-state index contributed by atoms with van der Waals surface area (Å²) >= 11 is 0. The SMILES string of the molecule is CCCCCCCCCC[P+](C)(C)CCCCCCC.[Br-]. The molecule has 0 saturated carbocycles. The van der Waals surface area contributed by atoms with Gasteiger partial charge < -0.3 is 17.0 Å². The molecule has 0 amide bonds. The maximum Gasteiger partial charge on any atom is 0.0589 e. The van der Waals surface area contributed by atoms with Crippen molar-refractivity contribution in [3.63, 3.8) is 0 Å². The van der Waals surface area contributed by atoms with E-state index < -0.39 is 7.26 Å². The van der Waals surface area contributed by atoms with E-state index in [1.54, 1.807) is 12.3 Å². The topological polar surface area (TPSA) is 0 Å². The Morgan fingerprint density at radius 2 is 0.762 bits per heavy atom. The summed E-state index contributed by atoms with van der Waals surface area (Å²) in [4.78, 5) is 0. The molecule has 0 bridgehead atoms. The Hall–Kier alpha value is 0.910. The van der Waals surface area contributed by atoms with Crippen LogP contribution in [-0.4, -0.2) is 25.7 Å². The molecule has 0 spiro atoms. The summed E-state index contributed by atoms with van der Waals surface area (Å²) in [6.07, 6.45) is 22.1. The third-order valence-corrected chi connectivity index (χ3v) is 7.54. The van der Waals surface area contributed by atoms with Gasteiger partial charge in [0.1, 0.15) is 0 Å². The lowest BCUT2D eigenvalue weighted by Gasteiger charge is -2.18. The first kappa shape index (κ1) is 24.2. The van der Waals surface area contributed by atoms with Crippen LogP contribution < -0.4 is 17.0 Å². The predicted octanol–water partition coefficient (Wildman–Crippen LogP) is 4.38. The molecule has 0 aliphatic rings. The second-order valence-corrected chi connectivity index (χ2v) is 12.0. The number of hydrogen-bond acceptors (Lipinski definition) is 0.